The minimum Gasteiger partial charge on any atom is -0.363 e. The zero-order valence-corrected chi connectivity index (χ0v) is 10.3. The van der Waals surface area contributed by atoms with Gasteiger partial charge in [0.2, 0.25) is 0 Å². The van der Waals surface area contributed by atoms with E-state index in [0.717, 1.165) is 10.2 Å². The molecule has 15 heavy (non-hydrogen) atoms. The van der Waals surface area contributed by atoms with Gasteiger partial charge >= 0.3 is 0 Å². The average Bonchev–Trinajstić information content (AvgIpc) is 2.17. The van der Waals surface area contributed by atoms with Gasteiger partial charge in [-0.25, -0.2) is 0 Å². The second-order valence-corrected chi connectivity index (χ2v) is 4.13. The van der Waals surface area contributed by atoms with Gasteiger partial charge in [0.1, 0.15) is 0 Å². The van der Waals surface area contributed by atoms with Gasteiger partial charge < -0.3 is 4.90 Å². The summed E-state index contributed by atoms with van der Waals surface area (Å²) >= 11 is 3.37. The number of hydrogen-bond acceptors (Lipinski definition) is 2. The van der Waals surface area contributed by atoms with Crippen LogP contribution in [0.15, 0.2) is 22.7 Å². The molecule has 0 spiro atoms. The molecule has 78 valence electrons. The molecule has 0 radical (unpaired) electrons. The first-order valence-corrected chi connectivity index (χ1v) is 5.30. The lowest BCUT2D eigenvalue weighted by atomic mass is 10.1. The minimum absolute atomic E-state index is 0.0491. The Kier molecular flexibility index (Phi) is 3.93. The Morgan fingerprint density at radius 3 is 2.73 bits per heavy atom. The van der Waals surface area contributed by atoms with Crippen LogP contribution in [0.2, 0.25) is 0 Å². The second kappa shape index (κ2) is 4.99. The number of halogens is 1. The van der Waals surface area contributed by atoms with Gasteiger partial charge in [-0.1, -0.05) is 5.92 Å². The second-order valence-electron chi connectivity index (χ2n) is 3.28. The number of benzene rings is 1. The molecular formula is C12H12BrNO. The van der Waals surface area contributed by atoms with Crippen molar-refractivity contribution >= 4 is 27.4 Å². The standard InChI is InChI=1S/C12H12BrNO/c1-4-7-14(3)10-5-6-11(9(2)15)12(13)8-10/h1,5-6,8H,7H2,2-3H3. The van der Waals surface area contributed by atoms with Gasteiger partial charge in [0.05, 0.1) is 6.54 Å². The van der Waals surface area contributed by atoms with E-state index in [2.05, 4.69) is 21.9 Å². The van der Waals surface area contributed by atoms with Crippen LogP contribution in [-0.2, 0) is 0 Å². The Hall–Kier alpha value is -1.27. The molecular weight excluding hydrogens is 254 g/mol. The first-order chi connectivity index (χ1) is 7.06. The van der Waals surface area contributed by atoms with Crippen LogP contribution in [0.25, 0.3) is 0 Å². The molecule has 0 N–H and O–H groups in total. The minimum atomic E-state index is 0.0491. The molecule has 0 unspecified atom stereocenters. The van der Waals surface area contributed by atoms with Gasteiger partial charge in [-0.3, -0.25) is 4.79 Å². The third kappa shape index (κ3) is 2.84. The molecule has 0 saturated heterocycles. The Balaban J connectivity index is 3.02. The third-order valence-corrected chi connectivity index (χ3v) is 2.76. The highest BCUT2D eigenvalue weighted by atomic mass is 79.9. The average molecular weight is 266 g/mol. The van der Waals surface area contributed by atoms with Gasteiger partial charge in [-0.05, 0) is 41.1 Å². The molecule has 0 bridgehead atoms. The van der Waals surface area contributed by atoms with E-state index in [9.17, 15) is 4.79 Å². The van der Waals surface area contributed by atoms with E-state index in [-0.39, 0.29) is 5.78 Å². The Morgan fingerprint density at radius 2 is 2.27 bits per heavy atom. The number of terminal acetylenes is 1. The molecule has 0 aliphatic heterocycles. The van der Waals surface area contributed by atoms with Crippen molar-refractivity contribution in [3.05, 3.63) is 28.2 Å². The summed E-state index contributed by atoms with van der Waals surface area (Å²) in [6.45, 7) is 2.09. The maximum Gasteiger partial charge on any atom is 0.160 e. The lowest BCUT2D eigenvalue weighted by Crippen LogP contribution is -2.17. The van der Waals surface area contributed by atoms with Crippen LogP contribution in [0.4, 0.5) is 5.69 Å². The molecule has 0 fully saturated rings. The van der Waals surface area contributed by atoms with Crippen LogP contribution >= 0.6 is 15.9 Å². The van der Waals surface area contributed by atoms with E-state index in [1.165, 1.54) is 0 Å². The van der Waals surface area contributed by atoms with E-state index >= 15 is 0 Å². The number of Topliss-reactive ketones (excluding diaryl/α,β-unsaturated/α-hetero) is 1. The van der Waals surface area contributed by atoms with Crippen LogP contribution < -0.4 is 4.90 Å². The number of carbonyl (C=O) groups is 1. The molecule has 0 saturated carbocycles. The van der Waals surface area contributed by atoms with Crippen LogP contribution in [-0.4, -0.2) is 19.4 Å². The number of carbonyl (C=O) groups excluding carboxylic acids is 1. The fourth-order valence-electron chi connectivity index (χ4n) is 1.26. The van der Waals surface area contributed by atoms with E-state index < -0.39 is 0 Å². The van der Waals surface area contributed by atoms with Gasteiger partial charge in [0.25, 0.3) is 0 Å². The molecule has 0 aliphatic carbocycles. The van der Waals surface area contributed by atoms with Crippen molar-refractivity contribution in [3.63, 3.8) is 0 Å². The summed E-state index contributed by atoms with van der Waals surface area (Å²) < 4.78 is 0.802. The Labute approximate surface area is 98.4 Å². The normalized spacial score (nSPS) is 9.47. The monoisotopic (exact) mass is 265 g/mol. The molecule has 1 aromatic rings. The molecule has 1 aromatic carbocycles. The molecule has 2 nitrogen and oxygen atoms in total. The van der Waals surface area contributed by atoms with Crippen molar-refractivity contribution < 1.29 is 4.79 Å². The fraction of sp³-hybridized carbons (Fsp3) is 0.250. The molecule has 3 heteroatoms. The van der Waals surface area contributed by atoms with Gasteiger partial charge in [0, 0.05) is 22.8 Å². The molecule has 0 atom stereocenters. The van der Waals surface area contributed by atoms with Gasteiger partial charge in [0.15, 0.2) is 5.78 Å². The fourth-order valence-corrected chi connectivity index (χ4v) is 1.90. The maximum absolute atomic E-state index is 11.2. The molecule has 1 rings (SSSR count). The highest BCUT2D eigenvalue weighted by Gasteiger charge is 2.07. The van der Waals surface area contributed by atoms with Crippen molar-refractivity contribution in [1.29, 1.82) is 0 Å². The molecule has 0 aromatic heterocycles. The van der Waals surface area contributed by atoms with Crippen molar-refractivity contribution in [2.45, 2.75) is 6.92 Å². The molecule has 0 heterocycles. The van der Waals surface area contributed by atoms with Gasteiger partial charge in [-0.15, -0.1) is 6.42 Å². The summed E-state index contributed by atoms with van der Waals surface area (Å²) in [5, 5.41) is 0. The predicted octanol–water partition coefficient (Wildman–Crippen LogP) is 2.72. The number of hydrogen-bond donors (Lipinski definition) is 0. The summed E-state index contributed by atoms with van der Waals surface area (Å²) in [5.41, 5.74) is 1.68. The topological polar surface area (TPSA) is 20.3 Å². The summed E-state index contributed by atoms with van der Waals surface area (Å²) in [6.07, 6.45) is 5.23. The molecule has 0 amide bonds. The largest absolute Gasteiger partial charge is 0.363 e. The highest BCUT2D eigenvalue weighted by molar-refractivity contribution is 9.10. The summed E-state index contributed by atoms with van der Waals surface area (Å²) in [5.74, 6) is 2.62. The van der Waals surface area contributed by atoms with Crippen LogP contribution in [0.3, 0.4) is 0 Å². The molecule has 0 aliphatic rings. The smallest absolute Gasteiger partial charge is 0.160 e. The van der Waals surface area contributed by atoms with Crippen molar-refractivity contribution in [1.82, 2.24) is 0 Å². The van der Waals surface area contributed by atoms with Gasteiger partial charge in [-0.2, -0.15) is 0 Å². The quantitative estimate of drug-likeness (QED) is 0.619. The highest BCUT2D eigenvalue weighted by Crippen LogP contribution is 2.23. The Morgan fingerprint density at radius 1 is 1.60 bits per heavy atom. The van der Waals surface area contributed by atoms with E-state index in [1.807, 2.05) is 24.1 Å². The van der Waals surface area contributed by atoms with Crippen molar-refractivity contribution in [3.8, 4) is 12.3 Å². The maximum atomic E-state index is 11.2. The van der Waals surface area contributed by atoms with Crippen LogP contribution in [0.5, 0.6) is 0 Å². The number of nitrogens with zero attached hydrogens (tertiary/aromatic N) is 1. The Bertz CT molecular complexity index is 420. The van der Waals surface area contributed by atoms with Crippen molar-refractivity contribution in [2.24, 2.45) is 0 Å². The summed E-state index contributed by atoms with van der Waals surface area (Å²) in [7, 11) is 1.91. The van der Waals surface area contributed by atoms with Crippen molar-refractivity contribution in [2.75, 3.05) is 18.5 Å². The first kappa shape index (κ1) is 11.8. The number of ketones is 1. The van der Waals surface area contributed by atoms with E-state index in [0.29, 0.717) is 12.1 Å². The lowest BCUT2D eigenvalue weighted by molar-refractivity contribution is 0.101. The third-order valence-electron chi connectivity index (χ3n) is 2.10. The zero-order valence-electron chi connectivity index (χ0n) is 8.75. The summed E-state index contributed by atoms with van der Waals surface area (Å²) in [4.78, 5) is 13.1. The zero-order chi connectivity index (χ0) is 11.4. The van der Waals surface area contributed by atoms with E-state index in [4.69, 9.17) is 6.42 Å². The van der Waals surface area contributed by atoms with Crippen LogP contribution in [0, 0.1) is 12.3 Å². The number of anilines is 1. The predicted molar refractivity (Wildman–Crippen MR) is 66.2 cm³/mol. The first-order valence-electron chi connectivity index (χ1n) is 4.51. The van der Waals surface area contributed by atoms with Crippen LogP contribution in [0.1, 0.15) is 17.3 Å². The summed E-state index contributed by atoms with van der Waals surface area (Å²) in [6, 6.07) is 5.58. The number of rotatable bonds is 3. The SMILES string of the molecule is C#CCN(C)c1ccc(C(C)=O)c(Br)c1. The van der Waals surface area contributed by atoms with E-state index in [1.54, 1.807) is 13.0 Å². The lowest BCUT2D eigenvalue weighted by Gasteiger charge is -2.16.